The van der Waals surface area contributed by atoms with Crippen LogP contribution in [0.25, 0.3) is 0 Å². The molecule has 0 aromatic heterocycles. The van der Waals surface area contributed by atoms with E-state index in [1.54, 1.807) is 0 Å². The predicted octanol–water partition coefficient (Wildman–Crippen LogP) is 10.1. The first kappa shape index (κ1) is 30.6. The maximum absolute atomic E-state index is 2.64. The van der Waals surface area contributed by atoms with Crippen LogP contribution in [-0.4, -0.2) is 5.66 Å². The van der Waals surface area contributed by atoms with Gasteiger partial charge in [-0.1, -0.05) is 95.1 Å². The second-order valence-corrected chi connectivity index (χ2v) is 14.9. The Labute approximate surface area is 239 Å². The van der Waals surface area contributed by atoms with E-state index in [4.69, 9.17) is 0 Å². The average molecular weight is 536 g/mol. The summed E-state index contributed by atoms with van der Waals surface area (Å²) < 4.78 is 0. The molecule has 0 amide bonds. The van der Waals surface area contributed by atoms with Crippen molar-refractivity contribution >= 4 is 23.2 Å². The Morgan fingerprint density at radius 2 is 0.923 bits per heavy atom. The van der Waals surface area contributed by atoms with Crippen LogP contribution in [0.4, 0.5) is 0 Å². The van der Waals surface area contributed by atoms with E-state index in [1.807, 2.05) is 0 Å². The first-order valence-corrected chi connectivity index (χ1v) is 16.3. The van der Waals surface area contributed by atoms with Crippen molar-refractivity contribution in [1.29, 1.82) is 0 Å². The SMILES string of the molecule is CC(C)=CCC/C(C)=C/CC(/C=C(\C)CCC=C(C)C)[P+](c1ccccc1)(c1ccccc1)c1ccccc1. The Kier molecular flexibility index (Phi) is 12.2. The molecule has 0 bridgehead atoms. The zero-order chi connectivity index (χ0) is 28.1. The summed E-state index contributed by atoms with van der Waals surface area (Å²) in [5, 5.41) is 4.36. The van der Waals surface area contributed by atoms with Crippen LogP contribution in [0.2, 0.25) is 0 Å². The molecule has 0 N–H and O–H groups in total. The van der Waals surface area contributed by atoms with Gasteiger partial charge in [-0.15, -0.1) is 0 Å². The Morgan fingerprint density at radius 1 is 0.538 bits per heavy atom. The maximum Gasteiger partial charge on any atom is 0.119 e. The molecule has 39 heavy (non-hydrogen) atoms. The number of benzene rings is 3. The summed E-state index contributed by atoms with van der Waals surface area (Å²) in [5.41, 5.74) is 6.14. The molecule has 204 valence electrons. The van der Waals surface area contributed by atoms with Crippen molar-refractivity contribution in [2.24, 2.45) is 0 Å². The minimum atomic E-state index is -2.01. The van der Waals surface area contributed by atoms with Crippen molar-refractivity contribution < 1.29 is 0 Å². The largest absolute Gasteiger partial charge is 0.119 e. The van der Waals surface area contributed by atoms with Crippen molar-refractivity contribution in [1.82, 2.24) is 0 Å². The first-order chi connectivity index (χ1) is 18.8. The van der Waals surface area contributed by atoms with E-state index in [0.717, 1.165) is 32.1 Å². The van der Waals surface area contributed by atoms with Crippen molar-refractivity contribution in [3.05, 3.63) is 138 Å². The lowest BCUT2D eigenvalue weighted by atomic mass is 10.1. The Morgan fingerprint density at radius 3 is 1.31 bits per heavy atom. The van der Waals surface area contributed by atoms with Gasteiger partial charge >= 0.3 is 0 Å². The molecule has 0 fully saturated rings. The van der Waals surface area contributed by atoms with Gasteiger partial charge in [0.25, 0.3) is 0 Å². The lowest BCUT2D eigenvalue weighted by Crippen LogP contribution is -2.38. The third-order valence-electron chi connectivity index (χ3n) is 7.36. The molecule has 3 aromatic carbocycles. The molecule has 0 spiro atoms. The minimum Gasteiger partial charge on any atom is -0.0856 e. The van der Waals surface area contributed by atoms with Gasteiger partial charge in [-0.3, -0.25) is 0 Å². The van der Waals surface area contributed by atoms with Gasteiger partial charge in [-0.25, -0.2) is 0 Å². The third-order valence-corrected chi connectivity index (χ3v) is 12.0. The smallest absolute Gasteiger partial charge is 0.0856 e. The number of hydrogen-bond donors (Lipinski definition) is 0. The van der Waals surface area contributed by atoms with Crippen LogP contribution < -0.4 is 15.9 Å². The maximum atomic E-state index is 2.64. The van der Waals surface area contributed by atoms with Gasteiger partial charge in [-0.2, -0.15) is 0 Å². The Bertz CT molecular complexity index is 1160. The molecule has 0 aliphatic heterocycles. The second kappa shape index (κ2) is 15.6. The molecular weight excluding hydrogens is 487 g/mol. The molecule has 0 radical (unpaired) electrons. The molecule has 1 atom stereocenters. The van der Waals surface area contributed by atoms with E-state index in [2.05, 4.69) is 157 Å². The van der Waals surface area contributed by atoms with Crippen molar-refractivity contribution in [3.63, 3.8) is 0 Å². The standard InChI is InChI=1S/C38H48P/c1-31(2)18-16-20-33(5)28-29-38(30-34(6)21-17-19-32(3)4)39(35-22-10-7-11-23-35,36-24-12-8-13-25-36)37-26-14-9-15-27-37/h7-15,18-19,22-28,30,38H,16-17,20-21,29H2,1-6H3/q+1/b33-28+,34-30+. The molecule has 0 saturated carbocycles. The highest BCUT2D eigenvalue weighted by Crippen LogP contribution is 2.61. The molecule has 3 rings (SSSR count). The van der Waals surface area contributed by atoms with E-state index in [1.165, 1.54) is 38.2 Å². The van der Waals surface area contributed by atoms with Crippen molar-refractivity contribution in [3.8, 4) is 0 Å². The average Bonchev–Trinajstić information content (AvgIpc) is 2.93. The summed E-state index contributed by atoms with van der Waals surface area (Å²) in [6.07, 6.45) is 15.4. The van der Waals surface area contributed by atoms with Crippen LogP contribution in [0.3, 0.4) is 0 Å². The minimum absolute atomic E-state index is 0.370. The fraction of sp³-hybridized carbons (Fsp3) is 0.316. The van der Waals surface area contributed by atoms with Gasteiger partial charge in [0.15, 0.2) is 0 Å². The van der Waals surface area contributed by atoms with Gasteiger partial charge < -0.3 is 0 Å². The highest BCUT2D eigenvalue weighted by Gasteiger charge is 2.50. The van der Waals surface area contributed by atoms with Gasteiger partial charge in [0.1, 0.15) is 28.8 Å². The van der Waals surface area contributed by atoms with Crippen molar-refractivity contribution in [2.75, 3.05) is 0 Å². The first-order valence-electron chi connectivity index (χ1n) is 14.5. The Balaban J connectivity index is 2.22. The molecule has 0 nitrogen and oxygen atoms in total. The highest BCUT2D eigenvalue weighted by molar-refractivity contribution is 7.96. The highest BCUT2D eigenvalue weighted by atomic mass is 31.2. The third kappa shape index (κ3) is 8.78. The summed E-state index contributed by atoms with van der Waals surface area (Å²) in [7, 11) is -2.01. The van der Waals surface area contributed by atoms with Crippen LogP contribution in [0.5, 0.6) is 0 Å². The fourth-order valence-electron chi connectivity index (χ4n) is 5.36. The predicted molar refractivity (Wildman–Crippen MR) is 178 cm³/mol. The second-order valence-electron chi connectivity index (χ2n) is 11.2. The number of allylic oxidation sites excluding steroid dienone is 8. The zero-order valence-electron chi connectivity index (χ0n) is 25.0. The summed E-state index contributed by atoms with van der Waals surface area (Å²) in [6, 6.07) is 34.0. The normalized spacial score (nSPS) is 13.1. The number of rotatable bonds is 13. The lowest BCUT2D eigenvalue weighted by Gasteiger charge is -2.33. The monoisotopic (exact) mass is 535 g/mol. The van der Waals surface area contributed by atoms with E-state index in [-0.39, 0.29) is 0 Å². The van der Waals surface area contributed by atoms with E-state index < -0.39 is 7.26 Å². The molecule has 3 aromatic rings. The van der Waals surface area contributed by atoms with Gasteiger partial charge in [0, 0.05) is 6.42 Å². The molecule has 0 saturated heterocycles. The van der Waals surface area contributed by atoms with E-state index >= 15 is 0 Å². The molecule has 1 unspecified atom stereocenters. The topological polar surface area (TPSA) is 0 Å². The van der Waals surface area contributed by atoms with Gasteiger partial charge in [-0.05, 0) is 110 Å². The zero-order valence-corrected chi connectivity index (χ0v) is 25.9. The van der Waals surface area contributed by atoms with Crippen LogP contribution in [-0.2, 0) is 0 Å². The quantitative estimate of drug-likeness (QED) is 0.151. The van der Waals surface area contributed by atoms with Crippen LogP contribution in [0.1, 0.15) is 73.6 Å². The molecule has 0 aliphatic carbocycles. The van der Waals surface area contributed by atoms with Gasteiger partial charge in [0.2, 0.25) is 0 Å². The van der Waals surface area contributed by atoms with E-state index in [0.29, 0.717) is 5.66 Å². The van der Waals surface area contributed by atoms with E-state index in [9.17, 15) is 0 Å². The van der Waals surface area contributed by atoms with Crippen molar-refractivity contribution in [2.45, 2.75) is 79.3 Å². The van der Waals surface area contributed by atoms with Crippen LogP contribution >= 0.6 is 7.26 Å². The lowest BCUT2D eigenvalue weighted by molar-refractivity contribution is 0.918. The molecular formula is C38H48P+. The Hall–Kier alpha value is -2.95. The van der Waals surface area contributed by atoms with Crippen LogP contribution in [0, 0.1) is 0 Å². The number of hydrogen-bond acceptors (Lipinski definition) is 0. The summed E-state index contributed by atoms with van der Waals surface area (Å²) in [6.45, 7) is 13.4. The summed E-state index contributed by atoms with van der Waals surface area (Å²) in [4.78, 5) is 0. The summed E-state index contributed by atoms with van der Waals surface area (Å²) in [5.74, 6) is 0. The van der Waals surface area contributed by atoms with Gasteiger partial charge in [0.05, 0.1) is 0 Å². The molecule has 1 heteroatoms. The molecule has 0 heterocycles. The molecule has 0 aliphatic rings. The summed E-state index contributed by atoms with van der Waals surface area (Å²) >= 11 is 0. The van der Waals surface area contributed by atoms with Crippen LogP contribution in [0.15, 0.2) is 138 Å². The fourth-order valence-corrected chi connectivity index (χ4v) is 10.2.